The molecule has 1 saturated heterocycles. The molecule has 0 radical (unpaired) electrons. The van der Waals surface area contributed by atoms with Gasteiger partial charge >= 0.3 is 0 Å². The van der Waals surface area contributed by atoms with Crippen LogP contribution in [0.1, 0.15) is 17.7 Å². The average molecular weight is 332 g/mol. The fraction of sp³-hybridized carbons (Fsp3) is 0.714. The summed E-state index contributed by atoms with van der Waals surface area (Å²) in [7, 11) is -1.56. The van der Waals surface area contributed by atoms with E-state index in [0.29, 0.717) is 19.6 Å². The lowest BCUT2D eigenvalue weighted by Crippen LogP contribution is -2.47. The van der Waals surface area contributed by atoms with Crippen molar-refractivity contribution < 1.29 is 13.2 Å². The first-order valence-corrected chi connectivity index (χ1v) is 9.78. The molecule has 2 N–H and O–H groups in total. The molecule has 0 amide bonds. The van der Waals surface area contributed by atoms with E-state index in [1.807, 2.05) is 17.5 Å². The second kappa shape index (κ2) is 7.69. The maximum atomic E-state index is 12.2. The molecule has 1 fully saturated rings. The highest BCUT2D eigenvalue weighted by Crippen LogP contribution is 2.28. The molecule has 0 saturated carbocycles. The first-order chi connectivity index (χ1) is 10.1. The Kier molecular flexibility index (Phi) is 6.19. The lowest BCUT2D eigenvalue weighted by atomic mass is 9.80. The molecule has 2 rings (SSSR count). The number of rotatable bonds is 8. The maximum Gasteiger partial charge on any atom is 0.211 e. The minimum absolute atomic E-state index is 0.0734. The molecule has 120 valence electrons. The smallest absolute Gasteiger partial charge is 0.211 e. The third-order valence-corrected chi connectivity index (χ3v) is 6.24. The second-order valence-corrected chi connectivity index (χ2v) is 8.61. The van der Waals surface area contributed by atoms with Crippen LogP contribution in [-0.2, 0) is 21.2 Å². The van der Waals surface area contributed by atoms with E-state index in [1.54, 1.807) is 18.4 Å². The number of hydrogen-bond donors (Lipinski definition) is 2. The fourth-order valence-corrected chi connectivity index (χ4v) is 4.66. The fourth-order valence-electron chi connectivity index (χ4n) is 2.66. The molecule has 0 aliphatic carbocycles. The zero-order valence-electron chi connectivity index (χ0n) is 12.4. The van der Waals surface area contributed by atoms with E-state index in [-0.39, 0.29) is 11.2 Å². The van der Waals surface area contributed by atoms with Crippen molar-refractivity contribution in [3.8, 4) is 0 Å². The number of ether oxygens (including phenoxy) is 1. The van der Waals surface area contributed by atoms with E-state index in [2.05, 4.69) is 10.0 Å². The molecule has 0 unspecified atom stereocenters. The molecular formula is C14H24N2O3S2. The van der Waals surface area contributed by atoms with Crippen molar-refractivity contribution in [1.82, 2.24) is 10.0 Å². The van der Waals surface area contributed by atoms with Crippen LogP contribution < -0.4 is 10.0 Å². The van der Waals surface area contributed by atoms with Crippen LogP contribution in [0, 0.1) is 5.41 Å². The second-order valence-electron chi connectivity index (χ2n) is 5.65. The first kappa shape index (κ1) is 16.9. The summed E-state index contributed by atoms with van der Waals surface area (Å²) in [6.07, 6.45) is 2.45. The van der Waals surface area contributed by atoms with Gasteiger partial charge < -0.3 is 10.1 Å². The summed E-state index contributed by atoms with van der Waals surface area (Å²) in [6, 6.07) is 3.92. The van der Waals surface area contributed by atoms with Gasteiger partial charge in [-0.1, -0.05) is 6.07 Å². The summed E-state index contributed by atoms with van der Waals surface area (Å²) in [6.45, 7) is 2.90. The van der Waals surface area contributed by atoms with Gasteiger partial charge in [0.2, 0.25) is 10.0 Å². The van der Waals surface area contributed by atoms with Crippen LogP contribution in [-0.4, -0.2) is 47.5 Å². The lowest BCUT2D eigenvalue weighted by molar-refractivity contribution is 0.0577. The third-order valence-electron chi connectivity index (χ3n) is 3.98. The largest absolute Gasteiger partial charge is 0.384 e. The normalized spacial score (nSPS) is 18.7. The van der Waals surface area contributed by atoms with Crippen LogP contribution in [0.15, 0.2) is 17.5 Å². The van der Waals surface area contributed by atoms with Gasteiger partial charge in [0.05, 0.1) is 12.4 Å². The van der Waals surface area contributed by atoms with Gasteiger partial charge in [0.1, 0.15) is 0 Å². The van der Waals surface area contributed by atoms with Gasteiger partial charge in [0.15, 0.2) is 0 Å². The Bertz CT molecular complexity index is 503. The summed E-state index contributed by atoms with van der Waals surface area (Å²) in [5.41, 5.74) is -0.0734. The Balaban J connectivity index is 1.86. The molecule has 21 heavy (non-hydrogen) atoms. The van der Waals surface area contributed by atoms with Crippen molar-refractivity contribution in [2.75, 3.05) is 39.1 Å². The van der Waals surface area contributed by atoms with Gasteiger partial charge in [0.25, 0.3) is 0 Å². The minimum Gasteiger partial charge on any atom is -0.384 e. The molecule has 1 aromatic heterocycles. The predicted molar refractivity (Wildman–Crippen MR) is 86.2 cm³/mol. The van der Waals surface area contributed by atoms with Gasteiger partial charge in [-0.2, -0.15) is 0 Å². The summed E-state index contributed by atoms with van der Waals surface area (Å²) in [5.74, 6) is 0.148. The number of hydrogen-bond acceptors (Lipinski definition) is 5. The van der Waals surface area contributed by atoms with Gasteiger partial charge in [-0.25, -0.2) is 13.1 Å². The van der Waals surface area contributed by atoms with Crippen LogP contribution in [0.5, 0.6) is 0 Å². The van der Waals surface area contributed by atoms with E-state index in [0.717, 1.165) is 30.8 Å². The topological polar surface area (TPSA) is 67.4 Å². The zero-order chi connectivity index (χ0) is 15.2. The van der Waals surface area contributed by atoms with Crippen molar-refractivity contribution >= 4 is 21.4 Å². The number of piperidine rings is 1. The zero-order valence-corrected chi connectivity index (χ0v) is 14.1. The quantitative estimate of drug-likeness (QED) is 0.751. The van der Waals surface area contributed by atoms with Crippen LogP contribution in [0.4, 0.5) is 0 Å². The van der Waals surface area contributed by atoms with E-state index in [1.165, 1.54) is 0 Å². The number of aryl methyl sites for hydroxylation is 1. The summed E-state index contributed by atoms with van der Waals surface area (Å²) in [5, 5.41) is 5.28. The van der Waals surface area contributed by atoms with Gasteiger partial charge in [-0.3, -0.25) is 0 Å². The molecule has 1 aliphatic heterocycles. The Hall–Kier alpha value is -0.470. The number of sulfonamides is 1. The van der Waals surface area contributed by atoms with Gasteiger partial charge in [-0.15, -0.1) is 11.3 Å². The van der Waals surface area contributed by atoms with Crippen molar-refractivity contribution in [3.63, 3.8) is 0 Å². The van der Waals surface area contributed by atoms with Crippen LogP contribution in [0.25, 0.3) is 0 Å². The van der Waals surface area contributed by atoms with Crippen molar-refractivity contribution in [2.24, 2.45) is 5.41 Å². The van der Waals surface area contributed by atoms with Crippen LogP contribution in [0.3, 0.4) is 0 Å². The predicted octanol–water partition coefficient (Wildman–Crippen LogP) is 1.23. The lowest BCUT2D eigenvalue weighted by Gasteiger charge is -2.37. The van der Waals surface area contributed by atoms with E-state index < -0.39 is 10.0 Å². The molecule has 7 heteroatoms. The maximum absolute atomic E-state index is 12.2. The standard InChI is InChI=1S/C14H24N2O3S2/c1-19-12-14(5-7-15-8-6-14)11-16-21(17,18)10-4-13-3-2-9-20-13/h2-3,9,15-16H,4-8,10-12H2,1H3. The van der Waals surface area contributed by atoms with Gasteiger partial charge in [0, 0.05) is 23.9 Å². The van der Waals surface area contributed by atoms with Crippen molar-refractivity contribution in [2.45, 2.75) is 19.3 Å². The molecule has 1 aromatic rings. The Morgan fingerprint density at radius 1 is 1.43 bits per heavy atom. The van der Waals surface area contributed by atoms with Gasteiger partial charge in [-0.05, 0) is 43.8 Å². The van der Waals surface area contributed by atoms with E-state index >= 15 is 0 Å². The monoisotopic (exact) mass is 332 g/mol. The highest BCUT2D eigenvalue weighted by Gasteiger charge is 2.33. The van der Waals surface area contributed by atoms with Crippen molar-refractivity contribution in [1.29, 1.82) is 0 Å². The molecule has 0 bridgehead atoms. The van der Waals surface area contributed by atoms with E-state index in [9.17, 15) is 8.42 Å². The van der Waals surface area contributed by atoms with Crippen molar-refractivity contribution in [3.05, 3.63) is 22.4 Å². The summed E-state index contributed by atoms with van der Waals surface area (Å²) >= 11 is 1.60. The number of methoxy groups -OCH3 is 1. The Morgan fingerprint density at radius 3 is 2.81 bits per heavy atom. The first-order valence-electron chi connectivity index (χ1n) is 7.25. The Morgan fingerprint density at radius 2 is 2.19 bits per heavy atom. The average Bonchev–Trinajstić information content (AvgIpc) is 2.98. The highest BCUT2D eigenvalue weighted by molar-refractivity contribution is 7.89. The number of thiophene rings is 1. The minimum atomic E-state index is -3.23. The highest BCUT2D eigenvalue weighted by atomic mass is 32.2. The molecule has 0 aromatic carbocycles. The van der Waals surface area contributed by atoms with Crippen LogP contribution >= 0.6 is 11.3 Å². The third kappa shape index (κ3) is 5.34. The molecule has 2 heterocycles. The summed E-state index contributed by atoms with van der Waals surface area (Å²) in [4.78, 5) is 1.11. The molecule has 0 atom stereocenters. The molecule has 1 aliphatic rings. The molecule has 5 nitrogen and oxygen atoms in total. The molecule has 0 spiro atoms. The molecular weight excluding hydrogens is 308 g/mol. The van der Waals surface area contributed by atoms with E-state index in [4.69, 9.17) is 4.74 Å². The summed E-state index contributed by atoms with van der Waals surface area (Å²) < 4.78 is 32.4. The van der Waals surface area contributed by atoms with Crippen LogP contribution in [0.2, 0.25) is 0 Å². The SMILES string of the molecule is COCC1(CNS(=O)(=O)CCc2cccs2)CCNCC1. The number of nitrogens with one attached hydrogen (secondary N) is 2. The Labute approximate surface area is 131 Å².